The fourth-order valence-electron chi connectivity index (χ4n) is 2.22. The first-order chi connectivity index (χ1) is 12.4. The summed E-state index contributed by atoms with van der Waals surface area (Å²) in [5.74, 6) is -0.679. The van der Waals surface area contributed by atoms with E-state index in [4.69, 9.17) is 9.84 Å². The zero-order chi connectivity index (χ0) is 19.2. The van der Waals surface area contributed by atoms with Gasteiger partial charge >= 0.3 is 0 Å². The molecule has 2 N–H and O–H groups in total. The second-order valence-corrected chi connectivity index (χ2v) is 7.00. The highest BCUT2D eigenvalue weighted by Crippen LogP contribution is 2.29. The predicted octanol–water partition coefficient (Wildman–Crippen LogP) is 0.972. The zero-order valence-electron chi connectivity index (χ0n) is 14.0. The van der Waals surface area contributed by atoms with Gasteiger partial charge in [0.1, 0.15) is 12.0 Å². The van der Waals surface area contributed by atoms with Gasteiger partial charge in [0, 0.05) is 11.8 Å². The molecule has 0 spiro atoms. The highest BCUT2D eigenvalue weighted by molar-refractivity contribution is 7.91. The molecule has 0 saturated carbocycles. The number of rotatable bonds is 8. The van der Waals surface area contributed by atoms with Crippen LogP contribution in [0.2, 0.25) is 0 Å². The zero-order valence-corrected chi connectivity index (χ0v) is 14.8. The Hall–Kier alpha value is -2.78. The molecule has 1 aromatic carbocycles. The van der Waals surface area contributed by atoms with Crippen molar-refractivity contribution in [2.24, 2.45) is 0 Å². The number of sulfonamides is 1. The number of aldehydes is 1. The smallest absolute Gasteiger partial charge is 0.266 e. The van der Waals surface area contributed by atoms with E-state index < -0.39 is 21.2 Å². The van der Waals surface area contributed by atoms with E-state index in [9.17, 15) is 18.0 Å². The summed E-state index contributed by atoms with van der Waals surface area (Å²) in [5.41, 5.74) is 0.452. The Bertz CT molecular complexity index is 880. The SMILES string of the molecule is CCOc1ccccc1C(C=O)S(=O)(=O)NC(=O)c1ccc(CO)nc1. The van der Waals surface area contributed by atoms with Crippen LogP contribution in [0.15, 0.2) is 42.6 Å². The largest absolute Gasteiger partial charge is 0.494 e. The van der Waals surface area contributed by atoms with E-state index in [1.165, 1.54) is 18.2 Å². The molecule has 0 saturated heterocycles. The molecule has 1 atom stereocenters. The number of pyridine rings is 1. The van der Waals surface area contributed by atoms with Crippen molar-refractivity contribution in [2.45, 2.75) is 18.8 Å². The Kier molecular flexibility index (Phi) is 6.42. The van der Waals surface area contributed by atoms with Crippen LogP contribution < -0.4 is 9.46 Å². The highest BCUT2D eigenvalue weighted by atomic mass is 32.2. The standard InChI is InChI=1S/C17H18N2O6S/c1-2-25-15-6-4-3-5-14(15)16(11-21)26(23,24)19-17(22)12-7-8-13(10-20)18-9-12/h3-9,11,16,20H,2,10H2,1H3,(H,19,22). The van der Waals surface area contributed by atoms with Crippen molar-refractivity contribution in [1.82, 2.24) is 9.71 Å². The molecule has 2 rings (SSSR count). The number of nitrogens with one attached hydrogen (secondary N) is 1. The number of aliphatic hydroxyl groups excluding tert-OH is 1. The lowest BCUT2D eigenvalue weighted by Gasteiger charge is -2.16. The monoisotopic (exact) mass is 378 g/mol. The Labute approximate surface area is 150 Å². The average Bonchev–Trinajstić information content (AvgIpc) is 2.63. The van der Waals surface area contributed by atoms with E-state index in [0.29, 0.717) is 5.69 Å². The fraction of sp³-hybridized carbons (Fsp3) is 0.235. The van der Waals surface area contributed by atoms with E-state index in [-0.39, 0.29) is 36.4 Å². The first kappa shape index (κ1) is 19.5. The van der Waals surface area contributed by atoms with Crippen molar-refractivity contribution >= 4 is 22.2 Å². The number of carbonyl (C=O) groups excluding carboxylic acids is 2. The number of amides is 1. The van der Waals surface area contributed by atoms with Crippen molar-refractivity contribution in [2.75, 3.05) is 6.61 Å². The molecular formula is C17H18N2O6S. The number of hydrogen-bond donors (Lipinski definition) is 2. The second kappa shape index (κ2) is 8.54. The number of para-hydroxylation sites is 1. The van der Waals surface area contributed by atoms with Gasteiger partial charge in [0.2, 0.25) is 10.0 Å². The van der Waals surface area contributed by atoms with Crippen molar-refractivity contribution in [1.29, 1.82) is 0 Å². The van der Waals surface area contributed by atoms with Crippen LogP contribution in [-0.2, 0) is 21.4 Å². The van der Waals surface area contributed by atoms with Gasteiger partial charge in [0.15, 0.2) is 5.25 Å². The predicted molar refractivity (Wildman–Crippen MR) is 93.0 cm³/mol. The summed E-state index contributed by atoms with van der Waals surface area (Å²) < 4.78 is 32.3. The van der Waals surface area contributed by atoms with Crippen molar-refractivity contribution in [3.8, 4) is 5.75 Å². The number of nitrogens with zero attached hydrogens (tertiary/aromatic N) is 1. The summed E-state index contributed by atoms with van der Waals surface area (Å²) in [6.45, 7) is 1.71. The first-order valence-electron chi connectivity index (χ1n) is 7.71. The molecule has 1 aromatic heterocycles. The molecule has 0 fully saturated rings. The van der Waals surface area contributed by atoms with Gasteiger partial charge in [0.05, 0.1) is 24.5 Å². The topological polar surface area (TPSA) is 123 Å². The lowest BCUT2D eigenvalue weighted by Crippen LogP contribution is -2.35. The Morgan fingerprint density at radius 3 is 2.62 bits per heavy atom. The molecule has 1 amide bonds. The van der Waals surface area contributed by atoms with E-state index in [1.54, 1.807) is 25.1 Å². The van der Waals surface area contributed by atoms with Gasteiger partial charge in [-0.3, -0.25) is 9.78 Å². The molecule has 8 nitrogen and oxygen atoms in total. The van der Waals surface area contributed by atoms with Gasteiger partial charge in [0.25, 0.3) is 5.91 Å². The average molecular weight is 378 g/mol. The van der Waals surface area contributed by atoms with Gasteiger partial charge in [-0.15, -0.1) is 0 Å². The van der Waals surface area contributed by atoms with Gasteiger partial charge < -0.3 is 14.6 Å². The maximum Gasteiger partial charge on any atom is 0.266 e. The van der Waals surface area contributed by atoms with Crippen LogP contribution in [0.5, 0.6) is 5.75 Å². The van der Waals surface area contributed by atoms with Crippen molar-refractivity contribution in [3.63, 3.8) is 0 Å². The van der Waals surface area contributed by atoms with Gasteiger partial charge in [-0.05, 0) is 25.1 Å². The van der Waals surface area contributed by atoms with Gasteiger partial charge in [-0.1, -0.05) is 18.2 Å². The molecule has 0 aliphatic heterocycles. The minimum absolute atomic E-state index is 0.0199. The molecule has 9 heteroatoms. The molecule has 138 valence electrons. The molecule has 0 bridgehead atoms. The third-order valence-corrected chi connectivity index (χ3v) is 4.97. The number of aliphatic hydroxyl groups is 1. The third-order valence-electron chi connectivity index (χ3n) is 3.47. The summed E-state index contributed by atoms with van der Waals surface area (Å²) in [6, 6.07) is 8.94. The van der Waals surface area contributed by atoms with Crippen LogP contribution in [0.4, 0.5) is 0 Å². The van der Waals surface area contributed by atoms with Gasteiger partial charge in [-0.2, -0.15) is 0 Å². The molecule has 0 aliphatic carbocycles. The molecule has 26 heavy (non-hydrogen) atoms. The summed E-state index contributed by atoms with van der Waals surface area (Å²) in [6.07, 6.45) is 1.38. The minimum Gasteiger partial charge on any atom is -0.494 e. The summed E-state index contributed by atoms with van der Waals surface area (Å²) in [5, 5.41) is 7.33. The third kappa shape index (κ3) is 4.44. The van der Waals surface area contributed by atoms with E-state index in [1.807, 2.05) is 4.72 Å². The molecular weight excluding hydrogens is 360 g/mol. The minimum atomic E-state index is -4.35. The normalized spacial score (nSPS) is 12.2. The van der Waals surface area contributed by atoms with Crippen LogP contribution >= 0.6 is 0 Å². The van der Waals surface area contributed by atoms with Crippen molar-refractivity contribution < 1.29 is 27.9 Å². The molecule has 1 unspecified atom stereocenters. The summed E-state index contributed by atoms with van der Waals surface area (Å²) in [4.78, 5) is 27.5. The number of aromatic nitrogens is 1. The Morgan fingerprint density at radius 1 is 1.31 bits per heavy atom. The molecule has 1 heterocycles. The Balaban J connectivity index is 2.29. The van der Waals surface area contributed by atoms with Crippen LogP contribution in [0, 0.1) is 0 Å². The highest BCUT2D eigenvalue weighted by Gasteiger charge is 2.31. The van der Waals surface area contributed by atoms with Crippen molar-refractivity contribution in [3.05, 3.63) is 59.4 Å². The number of hydrogen-bond acceptors (Lipinski definition) is 7. The van der Waals surface area contributed by atoms with Crippen LogP contribution in [0.1, 0.15) is 33.8 Å². The van der Waals surface area contributed by atoms with Crippen LogP contribution in [0.3, 0.4) is 0 Å². The Morgan fingerprint density at radius 2 is 2.04 bits per heavy atom. The maximum atomic E-state index is 12.5. The van der Waals surface area contributed by atoms with Gasteiger partial charge in [-0.25, -0.2) is 13.1 Å². The molecule has 2 aromatic rings. The maximum absolute atomic E-state index is 12.5. The lowest BCUT2D eigenvalue weighted by atomic mass is 10.1. The second-order valence-electron chi connectivity index (χ2n) is 5.20. The fourth-order valence-corrected chi connectivity index (χ4v) is 3.40. The molecule has 0 aliphatic rings. The quantitative estimate of drug-likeness (QED) is 0.656. The van der Waals surface area contributed by atoms with E-state index in [0.717, 1.165) is 6.20 Å². The lowest BCUT2D eigenvalue weighted by molar-refractivity contribution is -0.107. The summed E-state index contributed by atoms with van der Waals surface area (Å²) >= 11 is 0. The van der Waals surface area contributed by atoms with Crippen LogP contribution in [0.25, 0.3) is 0 Å². The number of carbonyl (C=O) groups is 2. The molecule has 0 radical (unpaired) electrons. The number of ether oxygens (including phenoxy) is 1. The number of benzene rings is 1. The van der Waals surface area contributed by atoms with E-state index >= 15 is 0 Å². The summed E-state index contributed by atoms with van der Waals surface area (Å²) in [7, 11) is -4.35. The van der Waals surface area contributed by atoms with E-state index in [2.05, 4.69) is 4.98 Å². The van der Waals surface area contributed by atoms with Crippen LogP contribution in [-0.4, -0.2) is 37.3 Å². The first-order valence-corrected chi connectivity index (χ1v) is 9.26.